The van der Waals surface area contributed by atoms with Crippen LogP contribution >= 0.6 is 24.0 Å². The Labute approximate surface area is 123 Å². The van der Waals surface area contributed by atoms with Gasteiger partial charge in [0.2, 0.25) is 5.91 Å². The van der Waals surface area contributed by atoms with Crippen molar-refractivity contribution in [3.63, 3.8) is 0 Å². The van der Waals surface area contributed by atoms with E-state index in [0.717, 1.165) is 25.9 Å². The minimum Gasteiger partial charge on any atom is -0.326 e. The van der Waals surface area contributed by atoms with Crippen LogP contribution < -0.4 is 10.6 Å². The number of benzene rings is 1. The highest BCUT2D eigenvalue weighted by molar-refractivity contribution is 6.31. The Morgan fingerprint density at radius 1 is 1.53 bits per heavy atom. The normalized spacial score (nSPS) is 17.9. The maximum Gasteiger partial charge on any atom is 0.224 e. The third kappa shape index (κ3) is 4.97. The highest BCUT2D eigenvalue weighted by Crippen LogP contribution is 2.20. The number of carbonyl (C=O) groups excluding carboxylic acids is 1. The summed E-state index contributed by atoms with van der Waals surface area (Å²) < 4.78 is 12.9. The molecule has 0 spiro atoms. The van der Waals surface area contributed by atoms with Crippen LogP contribution in [0.3, 0.4) is 0 Å². The summed E-state index contributed by atoms with van der Waals surface area (Å²) in [5, 5.41) is 6.01. The summed E-state index contributed by atoms with van der Waals surface area (Å²) >= 11 is 5.64. The van der Waals surface area contributed by atoms with Gasteiger partial charge in [0, 0.05) is 12.1 Å². The summed E-state index contributed by atoms with van der Waals surface area (Å²) in [6.45, 7) is 2.04. The molecular formula is C13H17Cl2FN2O. The predicted octanol–water partition coefficient (Wildman–Crippen LogP) is 3.23. The quantitative estimate of drug-likeness (QED) is 0.896. The van der Waals surface area contributed by atoms with E-state index in [1.165, 1.54) is 18.2 Å². The Hall–Kier alpha value is -0.840. The molecular weight excluding hydrogens is 290 g/mol. The fourth-order valence-corrected chi connectivity index (χ4v) is 2.27. The summed E-state index contributed by atoms with van der Waals surface area (Å²) in [7, 11) is 0. The van der Waals surface area contributed by atoms with Gasteiger partial charge in [-0.1, -0.05) is 11.6 Å². The summed E-state index contributed by atoms with van der Waals surface area (Å²) in [6, 6.07) is 4.18. The largest absolute Gasteiger partial charge is 0.326 e. The van der Waals surface area contributed by atoms with E-state index in [-0.39, 0.29) is 23.3 Å². The molecule has 1 heterocycles. The van der Waals surface area contributed by atoms with Crippen molar-refractivity contribution in [3.05, 3.63) is 29.0 Å². The van der Waals surface area contributed by atoms with E-state index in [2.05, 4.69) is 10.6 Å². The molecule has 0 bridgehead atoms. The first-order chi connectivity index (χ1) is 8.65. The third-order valence-electron chi connectivity index (χ3n) is 3.15. The number of hydrogen-bond donors (Lipinski definition) is 2. The summed E-state index contributed by atoms with van der Waals surface area (Å²) in [5.41, 5.74) is 0.538. The number of carbonyl (C=O) groups is 1. The molecule has 6 heteroatoms. The molecule has 0 aromatic heterocycles. The summed E-state index contributed by atoms with van der Waals surface area (Å²) in [6.07, 6.45) is 2.50. The predicted molar refractivity (Wildman–Crippen MR) is 77.5 cm³/mol. The van der Waals surface area contributed by atoms with Gasteiger partial charge in [-0.15, -0.1) is 12.4 Å². The molecule has 2 N–H and O–H groups in total. The van der Waals surface area contributed by atoms with E-state index >= 15 is 0 Å². The van der Waals surface area contributed by atoms with Crippen LogP contribution in [0, 0.1) is 11.7 Å². The van der Waals surface area contributed by atoms with Crippen molar-refractivity contribution in [2.24, 2.45) is 5.92 Å². The Morgan fingerprint density at radius 2 is 2.32 bits per heavy atom. The second-order valence-electron chi connectivity index (χ2n) is 4.57. The molecule has 1 fully saturated rings. The standard InChI is InChI=1S/C13H16ClFN2O.ClH/c14-11-7-10(2-3-12(11)15)17-13(18)4-1-9-5-6-16-8-9;/h2-3,7,9,16H,1,4-6,8H2,(H,17,18);1H. The lowest BCUT2D eigenvalue weighted by atomic mass is 10.0. The van der Waals surface area contributed by atoms with Gasteiger partial charge < -0.3 is 10.6 Å². The fourth-order valence-electron chi connectivity index (χ4n) is 2.09. The fraction of sp³-hybridized carbons (Fsp3) is 0.462. The first-order valence-electron chi connectivity index (χ1n) is 6.11. The molecule has 1 aliphatic rings. The van der Waals surface area contributed by atoms with Crippen LogP contribution in [-0.2, 0) is 4.79 Å². The SMILES string of the molecule is Cl.O=C(CCC1CCNC1)Nc1ccc(F)c(Cl)c1. The van der Waals surface area contributed by atoms with Crippen molar-refractivity contribution in [1.29, 1.82) is 0 Å². The molecule has 0 aliphatic carbocycles. The van der Waals surface area contributed by atoms with Gasteiger partial charge in [0.05, 0.1) is 5.02 Å². The molecule has 0 saturated carbocycles. The molecule has 0 radical (unpaired) electrons. The highest BCUT2D eigenvalue weighted by atomic mass is 35.5. The van der Waals surface area contributed by atoms with Gasteiger partial charge in [0.25, 0.3) is 0 Å². The van der Waals surface area contributed by atoms with Gasteiger partial charge in [-0.25, -0.2) is 4.39 Å². The van der Waals surface area contributed by atoms with Gasteiger partial charge in [0.15, 0.2) is 0 Å². The van der Waals surface area contributed by atoms with Gasteiger partial charge >= 0.3 is 0 Å². The second kappa shape index (κ2) is 7.68. The Bertz CT molecular complexity index is 437. The molecule has 1 atom stereocenters. The zero-order valence-corrected chi connectivity index (χ0v) is 12.0. The van der Waals surface area contributed by atoms with Crippen LogP contribution in [0.2, 0.25) is 5.02 Å². The molecule has 1 unspecified atom stereocenters. The van der Waals surface area contributed by atoms with Crippen LogP contribution in [0.15, 0.2) is 18.2 Å². The van der Waals surface area contributed by atoms with Crippen LogP contribution in [-0.4, -0.2) is 19.0 Å². The maximum absolute atomic E-state index is 12.9. The molecule has 106 valence electrons. The molecule has 19 heavy (non-hydrogen) atoms. The van der Waals surface area contributed by atoms with Crippen LogP contribution in [0.25, 0.3) is 0 Å². The Balaban J connectivity index is 0.00000180. The number of anilines is 1. The van der Waals surface area contributed by atoms with Crippen molar-refractivity contribution in [2.75, 3.05) is 18.4 Å². The van der Waals surface area contributed by atoms with Gasteiger partial charge in [-0.3, -0.25) is 4.79 Å². The monoisotopic (exact) mass is 306 g/mol. The molecule has 1 aromatic carbocycles. The lowest BCUT2D eigenvalue weighted by Crippen LogP contribution is -2.15. The number of nitrogens with one attached hydrogen (secondary N) is 2. The van der Waals surface area contributed by atoms with Crippen LogP contribution in [0.4, 0.5) is 10.1 Å². The van der Waals surface area contributed by atoms with Gasteiger partial charge in [-0.05, 0) is 50.0 Å². The zero-order chi connectivity index (χ0) is 13.0. The average Bonchev–Trinajstić information content (AvgIpc) is 2.84. The number of halogens is 3. The molecule has 2 rings (SSSR count). The number of amides is 1. The molecule has 1 saturated heterocycles. The van der Waals surface area contributed by atoms with E-state index in [9.17, 15) is 9.18 Å². The van der Waals surface area contributed by atoms with Crippen molar-refractivity contribution in [3.8, 4) is 0 Å². The Morgan fingerprint density at radius 3 is 2.95 bits per heavy atom. The van der Waals surface area contributed by atoms with E-state index < -0.39 is 5.82 Å². The third-order valence-corrected chi connectivity index (χ3v) is 3.44. The smallest absolute Gasteiger partial charge is 0.224 e. The van der Waals surface area contributed by atoms with Crippen LogP contribution in [0.1, 0.15) is 19.3 Å². The Kier molecular flexibility index (Phi) is 6.55. The first kappa shape index (κ1) is 16.2. The summed E-state index contributed by atoms with van der Waals surface area (Å²) in [4.78, 5) is 11.7. The van der Waals surface area contributed by atoms with Gasteiger partial charge in [-0.2, -0.15) is 0 Å². The zero-order valence-electron chi connectivity index (χ0n) is 10.4. The van der Waals surface area contributed by atoms with Crippen molar-refractivity contribution < 1.29 is 9.18 Å². The highest BCUT2D eigenvalue weighted by Gasteiger charge is 2.15. The topological polar surface area (TPSA) is 41.1 Å². The minimum atomic E-state index is -0.480. The number of hydrogen-bond acceptors (Lipinski definition) is 2. The van der Waals surface area contributed by atoms with Gasteiger partial charge in [0.1, 0.15) is 5.82 Å². The van der Waals surface area contributed by atoms with Crippen molar-refractivity contribution in [2.45, 2.75) is 19.3 Å². The number of rotatable bonds is 4. The van der Waals surface area contributed by atoms with E-state index in [4.69, 9.17) is 11.6 Å². The average molecular weight is 307 g/mol. The molecule has 3 nitrogen and oxygen atoms in total. The van der Waals surface area contributed by atoms with E-state index in [0.29, 0.717) is 18.0 Å². The van der Waals surface area contributed by atoms with Crippen molar-refractivity contribution in [1.82, 2.24) is 5.32 Å². The lowest BCUT2D eigenvalue weighted by Gasteiger charge is -2.09. The minimum absolute atomic E-state index is 0. The molecule has 1 aromatic rings. The van der Waals surface area contributed by atoms with Crippen molar-refractivity contribution >= 4 is 35.6 Å². The maximum atomic E-state index is 12.9. The molecule has 1 aliphatic heterocycles. The second-order valence-corrected chi connectivity index (χ2v) is 4.98. The summed E-state index contributed by atoms with van der Waals surface area (Å²) in [5.74, 6) is 0.0591. The van der Waals surface area contributed by atoms with E-state index in [1.54, 1.807) is 0 Å². The first-order valence-corrected chi connectivity index (χ1v) is 6.48. The van der Waals surface area contributed by atoms with E-state index in [1.807, 2.05) is 0 Å². The van der Waals surface area contributed by atoms with Crippen LogP contribution in [0.5, 0.6) is 0 Å². The molecule has 1 amide bonds. The lowest BCUT2D eigenvalue weighted by molar-refractivity contribution is -0.116.